The molecule has 1 rings (SSSR count). The van der Waals surface area contributed by atoms with Crippen LogP contribution in [0.4, 0.5) is 0 Å². The molecule has 0 aliphatic rings. The van der Waals surface area contributed by atoms with Crippen LogP contribution in [0.15, 0.2) is 30.3 Å². The summed E-state index contributed by atoms with van der Waals surface area (Å²) in [7, 11) is 0. The quantitative estimate of drug-likeness (QED) is 0.187. The summed E-state index contributed by atoms with van der Waals surface area (Å²) in [5.41, 5.74) is 7.06. The minimum atomic E-state index is -0.872. The molecule has 1 amide bonds. The van der Waals surface area contributed by atoms with E-state index in [1.54, 1.807) is 11.8 Å². The fourth-order valence-electron chi connectivity index (χ4n) is 3.33. The molecule has 0 saturated heterocycles. The van der Waals surface area contributed by atoms with Crippen LogP contribution in [0.5, 0.6) is 0 Å². The zero-order chi connectivity index (χ0) is 23.9. The van der Waals surface area contributed by atoms with Gasteiger partial charge < -0.3 is 26.8 Å². The Morgan fingerprint density at radius 1 is 1.19 bits per heavy atom. The molecule has 0 aliphatic carbocycles. The van der Waals surface area contributed by atoms with E-state index < -0.39 is 12.0 Å². The zero-order valence-electron chi connectivity index (χ0n) is 19.4. The minimum absolute atomic E-state index is 0.0931. The molecular weight excluding hydrogens is 444 g/mol. The fraction of sp³-hybridized carbons (Fsp3) is 0.652. The van der Waals surface area contributed by atoms with Gasteiger partial charge >= 0.3 is 5.97 Å². The molecule has 0 spiro atoms. The van der Waals surface area contributed by atoms with Crippen molar-refractivity contribution >= 4 is 36.3 Å². The van der Waals surface area contributed by atoms with Gasteiger partial charge in [0.15, 0.2) is 0 Å². The molecule has 6 N–H and O–H groups in total. The van der Waals surface area contributed by atoms with Gasteiger partial charge in [-0.05, 0) is 36.3 Å². The first kappa shape index (κ1) is 28.8. The van der Waals surface area contributed by atoms with E-state index in [2.05, 4.69) is 35.5 Å². The van der Waals surface area contributed by atoms with Crippen molar-refractivity contribution in [1.29, 1.82) is 0 Å². The number of aliphatic carboxylic acids is 1. The second-order valence-corrected chi connectivity index (χ2v) is 9.54. The monoisotopic (exact) mass is 484 g/mol. The lowest BCUT2D eigenvalue weighted by Crippen LogP contribution is -2.56. The number of hydrogen-bond acceptors (Lipinski definition) is 7. The van der Waals surface area contributed by atoms with Gasteiger partial charge in [-0.25, -0.2) is 0 Å². The molecule has 0 fully saturated rings. The van der Waals surface area contributed by atoms with E-state index in [0.717, 1.165) is 17.7 Å². The summed E-state index contributed by atoms with van der Waals surface area (Å²) in [4.78, 5) is 24.8. The molecular formula is C23H40N4O3S2. The van der Waals surface area contributed by atoms with E-state index in [0.29, 0.717) is 31.7 Å². The first-order chi connectivity index (χ1) is 15.3. The molecule has 1 unspecified atom stereocenters. The Labute approximate surface area is 202 Å². The third kappa shape index (κ3) is 11.0. The van der Waals surface area contributed by atoms with E-state index in [1.807, 2.05) is 43.5 Å². The van der Waals surface area contributed by atoms with Crippen molar-refractivity contribution in [3.63, 3.8) is 0 Å². The number of thioether (sulfide) groups is 1. The average molecular weight is 485 g/mol. The Bertz CT molecular complexity index is 666. The van der Waals surface area contributed by atoms with Crippen LogP contribution < -0.4 is 21.7 Å². The van der Waals surface area contributed by atoms with Gasteiger partial charge in [0, 0.05) is 30.9 Å². The minimum Gasteiger partial charge on any atom is -0.480 e. The van der Waals surface area contributed by atoms with E-state index in [9.17, 15) is 14.7 Å². The number of nitrogens with two attached hydrogens (primary N) is 1. The first-order valence-corrected chi connectivity index (χ1v) is 13.2. The molecule has 32 heavy (non-hydrogen) atoms. The van der Waals surface area contributed by atoms with Crippen molar-refractivity contribution in [3.05, 3.63) is 35.9 Å². The Morgan fingerprint density at radius 2 is 1.88 bits per heavy atom. The largest absolute Gasteiger partial charge is 0.480 e. The molecule has 0 saturated carbocycles. The van der Waals surface area contributed by atoms with Crippen LogP contribution in [-0.2, 0) is 16.0 Å². The van der Waals surface area contributed by atoms with Crippen molar-refractivity contribution in [1.82, 2.24) is 16.0 Å². The smallest absolute Gasteiger partial charge is 0.320 e. The highest BCUT2D eigenvalue weighted by atomic mass is 32.2. The van der Waals surface area contributed by atoms with Crippen LogP contribution in [0.2, 0.25) is 0 Å². The average Bonchev–Trinajstić information content (AvgIpc) is 2.78. The fourth-order valence-corrected chi connectivity index (χ4v) is 3.93. The predicted molar refractivity (Wildman–Crippen MR) is 138 cm³/mol. The number of nitrogens with one attached hydrogen (secondary N) is 3. The van der Waals surface area contributed by atoms with E-state index in [-0.39, 0.29) is 30.0 Å². The maximum absolute atomic E-state index is 13.2. The van der Waals surface area contributed by atoms with Crippen LogP contribution in [0, 0.1) is 5.92 Å². The third-order valence-electron chi connectivity index (χ3n) is 5.52. The maximum Gasteiger partial charge on any atom is 0.320 e. The van der Waals surface area contributed by atoms with Gasteiger partial charge in [-0.2, -0.15) is 24.4 Å². The molecule has 5 atom stereocenters. The van der Waals surface area contributed by atoms with E-state index in [1.165, 1.54) is 0 Å². The van der Waals surface area contributed by atoms with Gasteiger partial charge in [0.25, 0.3) is 0 Å². The highest BCUT2D eigenvalue weighted by Gasteiger charge is 2.27. The summed E-state index contributed by atoms with van der Waals surface area (Å²) in [5.74, 6) is 0.453. The lowest BCUT2D eigenvalue weighted by Gasteiger charge is -2.28. The van der Waals surface area contributed by atoms with Crippen LogP contribution in [0.3, 0.4) is 0 Å². The topological polar surface area (TPSA) is 116 Å². The SMILES string of the molecule is CCC(C)[C@H](NC[C@@H](N)CS)C(=O)N[C@H](CN[C@@H](CCSC)C(=O)O)Cc1ccccc1. The summed E-state index contributed by atoms with van der Waals surface area (Å²) < 4.78 is 0. The van der Waals surface area contributed by atoms with Gasteiger partial charge in [0.05, 0.1) is 6.04 Å². The molecule has 7 nitrogen and oxygen atoms in total. The number of carbonyl (C=O) groups is 2. The Kier molecular flexibility index (Phi) is 14.7. The van der Waals surface area contributed by atoms with Crippen molar-refractivity contribution in [2.24, 2.45) is 11.7 Å². The van der Waals surface area contributed by atoms with Crippen LogP contribution in [-0.4, -0.2) is 72.0 Å². The molecule has 0 heterocycles. The molecule has 1 aromatic carbocycles. The lowest BCUT2D eigenvalue weighted by molar-refractivity contribution is -0.139. The van der Waals surface area contributed by atoms with Crippen molar-refractivity contribution in [3.8, 4) is 0 Å². The van der Waals surface area contributed by atoms with Gasteiger partial charge in [-0.3, -0.25) is 9.59 Å². The standard InChI is InChI=1S/C23H40N4O3S2/c1-4-16(2)21(26-13-18(24)15-31)22(28)27-19(12-17-8-6-5-7-9-17)14-25-20(23(29)30)10-11-32-3/h5-9,16,18-21,25-26,31H,4,10-15,24H2,1-3H3,(H,27,28)(H,29,30)/t16?,18-,19+,20+,21+/m1/s1. The predicted octanol–water partition coefficient (Wildman–Crippen LogP) is 1.77. The van der Waals surface area contributed by atoms with Crippen LogP contribution in [0.25, 0.3) is 0 Å². The molecule has 0 radical (unpaired) electrons. The van der Waals surface area contributed by atoms with E-state index in [4.69, 9.17) is 5.73 Å². The highest BCUT2D eigenvalue weighted by molar-refractivity contribution is 7.98. The zero-order valence-corrected chi connectivity index (χ0v) is 21.1. The molecule has 0 aromatic heterocycles. The number of rotatable bonds is 17. The number of carboxylic acid groups (broad SMARTS) is 1. The number of amides is 1. The summed E-state index contributed by atoms with van der Waals surface area (Å²) in [6.45, 7) is 4.97. The maximum atomic E-state index is 13.2. The molecule has 9 heteroatoms. The lowest BCUT2D eigenvalue weighted by atomic mass is 9.97. The summed E-state index contributed by atoms with van der Waals surface area (Å²) in [5, 5.41) is 19.1. The molecule has 182 valence electrons. The summed E-state index contributed by atoms with van der Waals surface area (Å²) in [6, 6.07) is 8.50. The van der Waals surface area contributed by atoms with Gasteiger partial charge in [0.2, 0.25) is 5.91 Å². The number of benzene rings is 1. The number of thiol groups is 1. The van der Waals surface area contributed by atoms with Gasteiger partial charge in [-0.15, -0.1) is 0 Å². The van der Waals surface area contributed by atoms with Gasteiger partial charge in [0.1, 0.15) is 6.04 Å². The van der Waals surface area contributed by atoms with E-state index >= 15 is 0 Å². The van der Waals surface area contributed by atoms with Crippen LogP contribution in [0.1, 0.15) is 32.3 Å². The van der Waals surface area contributed by atoms with Crippen LogP contribution >= 0.6 is 24.4 Å². The summed E-state index contributed by atoms with van der Waals surface area (Å²) >= 11 is 5.84. The van der Waals surface area contributed by atoms with Crippen molar-refractivity contribution in [2.45, 2.75) is 57.3 Å². The normalized spacial score (nSPS) is 16.0. The first-order valence-electron chi connectivity index (χ1n) is 11.2. The third-order valence-corrected chi connectivity index (χ3v) is 6.63. The van der Waals surface area contributed by atoms with Crippen molar-refractivity contribution < 1.29 is 14.7 Å². The Hall–Kier alpha value is -1.26. The molecule has 0 bridgehead atoms. The Balaban J connectivity index is 2.91. The van der Waals surface area contributed by atoms with Gasteiger partial charge in [-0.1, -0.05) is 50.6 Å². The number of carbonyl (C=O) groups excluding carboxylic acids is 1. The number of carboxylic acids is 1. The molecule has 0 aliphatic heterocycles. The number of hydrogen-bond donors (Lipinski definition) is 6. The highest BCUT2D eigenvalue weighted by Crippen LogP contribution is 2.10. The molecule has 1 aromatic rings. The van der Waals surface area contributed by atoms with Crippen molar-refractivity contribution in [2.75, 3.05) is 30.9 Å². The Morgan fingerprint density at radius 3 is 2.44 bits per heavy atom. The summed E-state index contributed by atoms with van der Waals surface area (Å²) in [6.07, 6.45) is 3.94. The second-order valence-electron chi connectivity index (χ2n) is 8.19. The second kappa shape index (κ2) is 16.4.